The quantitative estimate of drug-likeness (QED) is 0.462. The Morgan fingerprint density at radius 3 is 3.18 bits per heavy atom. The number of halogens is 1. The summed E-state index contributed by atoms with van der Waals surface area (Å²) in [6.07, 6.45) is 10.5. The van der Waals surface area contributed by atoms with E-state index in [0.29, 0.717) is 9.84 Å². The van der Waals surface area contributed by atoms with Crippen molar-refractivity contribution in [3.63, 3.8) is 0 Å². The van der Waals surface area contributed by atoms with Gasteiger partial charge in [-0.3, -0.25) is 0 Å². The van der Waals surface area contributed by atoms with Gasteiger partial charge in [-0.15, -0.1) is 0 Å². The van der Waals surface area contributed by atoms with Gasteiger partial charge in [0.15, 0.2) is 0 Å². The average Bonchev–Trinajstić information content (AvgIpc) is 2.32. The van der Waals surface area contributed by atoms with E-state index in [1.54, 1.807) is 0 Å². The first-order valence-electron chi connectivity index (χ1n) is 4.02. The van der Waals surface area contributed by atoms with Gasteiger partial charge in [0.2, 0.25) is 0 Å². The molecule has 0 heterocycles. The van der Waals surface area contributed by atoms with E-state index in [1.165, 1.54) is 17.6 Å². The third-order valence-corrected chi connectivity index (χ3v) is 3.18. The van der Waals surface area contributed by atoms with Gasteiger partial charge in [0, 0.05) is 3.92 Å². The Labute approximate surface area is 81.2 Å². The first-order valence-corrected chi connectivity index (χ1v) is 5.26. The zero-order valence-corrected chi connectivity index (χ0v) is 8.71. The van der Waals surface area contributed by atoms with Crippen molar-refractivity contribution in [1.29, 1.82) is 0 Å². The lowest BCUT2D eigenvalue weighted by molar-refractivity contribution is 0.880. The fraction of sp³-hybridized carbons (Fsp3) is 0.400. The van der Waals surface area contributed by atoms with E-state index in [2.05, 4.69) is 53.8 Å². The molecule has 0 aromatic rings. The van der Waals surface area contributed by atoms with Gasteiger partial charge in [0.1, 0.15) is 0 Å². The zero-order chi connectivity index (χ0) is 7.84. The Morgan fingerprint density at radius 1 is 1.55 bits per heavy atom. The van der Waals surface area contributed by atoms with Gasteiger partial charge in [-0.05, 0) is 23.5 Å². The molecule has 0 radical (unpaired) electrons. The molecule has 2 aliphatic rings. The number of alkyl halides is 1. The standard InChI is InChI=1S/C10H11I/c1-7-2-3-8-6-9(11)4-5-10(7)8/h2-3,5-7,9H,4H2,1H3. The van der Waals surface area contributed by atoms with Crippen LogP contribution in [0.3, 0.4) is 0 Å². The molecule has 0 spiro atoms. The third-order valence-electron chi connectivity index (χ3n) is 2.31. The predicted octanol–water partition coefficient (Wildman–Crippen LogP) is 3.25. The Morgan fingerprint density at radius 2 is 2.36 bits per heavy atom. The van der Waals surface area contributed by atoms with Crippen LogP contribution in [-0.2, 0) is 0 Å². The minimum Gasteiger partial charge on any atom is -0.0788 e. The molecule has 0 fully saturated rings. The van der Waals surface area contributed by atoms with Crippen LogP contribution in [-0.4, -0.2) is 3.92 Å². The molecular formula is C10H11I. The van der Waals surface area contributed by atoms with Crippen molar-refractivity contribution in [2.45, 2.75) is 17.3 Å². The second kappa shape index (κ2) is 2.77. The lowest BCUT2D eigenvalue weighted by Gasteiger charge is -2.14. The fourth-order valence-electron chi connectivity index (χ4n) is 1.67. The molecule has 1 heteroatoms. The van der Waals surface area contributed by atoms with Crippen molar-refractivity contribution >= 4 is 22.6 Å². The van der Waals surface area contributed by atoms with Crippen molar-refractivity contribution in [2.24, 2.45) is 5.92 Å². The van der Waals surface area contributed by atoms with Gasteiger partial charge in [0.25, 0.3) is 0 Å². The Bertz CT molecular complexity index is 258. The molecule has 0 saturated heterocycles. The normalized spacial score (nSPS) is 34.7. The third kappa shape index (κ3) is 1.31. The van der Waals surface area contributed by atoms with Gasteiger partial charge in [0.05, 0.1) is 0 Å². The molecule has 2 unspecified atom stereocenters. The van der Waals surface area contributed by atoms with Crippen LogP contribution in [0.25, 0.3) is 0 Å². The average molecular weight is 258 g/mol. The number of allylic oxidation sites excluding steroid dienone is 6. The van der Waals surface area contributed by atoms with Crippen LogP contribution >= 0.6 is 22.6 Å². The van der Waals surface area contributed by atoms with Crippen molar-refractivity contribution in [3.05, 3.63) is 35.5 Å². The molecule has 2 aliphatic carbocycles. The van der Waals surface area contributed by atoms with Crippen molar-refractivity contribution in [2.75, 3.05) is 0 Å². The first kappa shape index (κ1) is 7.59. The predicted molar refractivity (Wildman–Crippen MR) is 56.9 cm³/mol. The summed E-state index contributed by atoms with van der Waals surface area (Å²) in [5.74, 6) is 0.658. The summed E-state index contributed by atoms with van der Waals surface area (Å²) in [7, 11) is 0. The highest BCUT2D eigenvalue weighted by atomic mass is 127. The molecule has 11 heavy (non-hydrogen) atoms. The van der Waals surface area contributed by atoms with Crippen LogP contribution in [0.2, 0.25) is 0 Å². The van der Waals surface area contributed by atoms with Crippen molar-refractivity contribution < 1.29 is 0 Å². The minimum absolute atomic E-state index is 0.658. The lowest BCUT2D eigenvalue weighted by atomic mass is 9.95. The van der Waals surface area contributed by atoms with Gasteiger partial charge in [-0.2, -0.15) is 0 Å². The number of rotatable bonds is 0. The van der Waals surface area contributed by atoms with Gasteiger partial charge < -0.3 is 0 Å². The Kier molecular flexibility index (Phi) is 1.91. The summed E-state index contributed by atoms with van der Waals surface area (Å²) in [4.78, 5) is 0. The number of hydrogen-bond donors (Lipinski definition) is 0. The van der Waals surface area contributed by atoms with Crippen molar-refractivity contribution in [1.82, 2.24) is 0 Å². The summed E-state index contributed by atoms with van der Waals surface area (Å²) in [6, 6.07) is 0. The van der Waals surface area contributed by atoms with Crippen LogP contribution in [0, 0.1) is 5.92 Å². The summed E-state index contributed by atoms with van der Waals surface area (Å²) >= 11 is 2.49. The SMILES string of the molecule is CC1C=CC2=CC(I)CC=C21. The monoisotopic (exact) mass is 258 g/mol. The van der Waals surface area contributed by atoms with Crippen LogP contribution in [0.5, 0.6) is 0 Å². The largest absolute Gasteiger partial charge is 0.0788 e. The van der Waals surface area contributed by atoms with E-state index < -0.39 is 0 Å². The lowest BCUT2D eigenvalue weighted by Crippen LogP contribution is -2.02. The van der Waals surface area contributed by atoms with E-state index in [-0.39, 0.29) is 0 Å². The summed E-state index contributed by atoms with van der Waals surface area (Å²) < 4.78 is 0.710. The van der Waals surface area contributed by atoms with Gasteiger partial charge in [-0.25, -0.2) is 0 Å². The van der Waals surface area contributed by atoms with E-state index in [9.17, 15) is 0 Å². The highest BCUT2D eigenvalue weighted by molar-refractivity contribution is 14.1. The number of hydrogen-bond acceptors (Lipinski definition) is 0. The second-order valence-electron chi connectivity index (χ2n) is 3.18. The molecule has 0 bridgehead atoms. The molecule has 0 aromatic heterocycles. The molecule has 0 aromatic carbocycles. The maximum absolute atomic E-state index is 2.49. The smallest absolute Gasteiger partial charge is 0.0332 e. The summed E-state index contributed by atoms with van der Waals surface area (Å²) in [5, 5.41) is 0. The zero-order valence-electron chi connectivity index (χ0n) is 6.55. The molecular weight excluding hydrogens is 247 g/mol. The van der Waals surface area contributed by atoms with E-state index in [4.69, 9.17) is 0 Å². The highest BCUT2D eigenvalue weighted by Crippen LogP contribution is 2.34. The molecule has 58 valence electrons. The van der Waals surface area contributed by atoms with Crippen molar-refractivity contribution in [3.8, 4) is 0 Å². The minimum atomic E-state index is 0.658. The molecule has 2 rings (SSSR count). The van der Waals surface area contributed by atoms with E-state index in [0.717, 1.165) is 0 Å². The molecule has 0 N–H and O–H groups in total. The first-order chi connectivity index (χ1) is 5.27. The Hall–Kier alpha value is -0.0500. The molecule has 0 saturated carbocycles. The molecule has 0 nitrogen and oxygen atoms in total. The van der Waals surface area contributed by atoms with Crippen LogP contribution < -0.4 is 0 Å². The topological polar surface area (TPSA) is 0 Å². The summed E-state index contributed by atoms with van der Waals surface area (Å²) in [6.45, 7) is 2.26. The highest BCUT2D eigenvalue weighted by Gasteiger charge is 2.19. The molecule has 2 atom stereocenters. The van der Waals surface area contributed by atoms with Crippen LogP contribution in [0.1, 0.15) is 13.3 Å². The van der Waals surface area contributed by atoms with E-state index >= 15 is 0 Å². The van der Waals surface area contributed by atoms with Crippen LogP contribution in [0.15, 0.2) is 35.5 Å². The van der Waals surface area contributed by atoms with Crippen LogP contribution in [0.4, 0.5) is 0 Å². The molecule has 0 amide bonds. The second-order valence-corrected chi connectivity index (χ2v) is 4.78. The van der Waals surface area contributed by atoms with Gasteiger partial charge >= 0.3 is 0 Å². The van der Waals surface area contributed by atoms with E-state index in [1.807, 2.05) is 0 Å². The Balaban J connectivity index is 2.34. The van der Waals surface area contributed by atoms with Gasteiger partial charge in [-0.1, -0.05) is 53.8 Å². The maximum Gasteiger partial charge on any atom is 0.0332 e. The maximum atomic E-state index is 2.49. The number of fused-ring (bicyclic) bond motifs is 1. The fourth-order valence-corrected chi connectivity index (χ4v) is 2.31. The molecule has 0 aliphatic heterocycles. The summed E-state index contributed by atoms with van der Waals surface area (Å²) in [5.41, 5.74) is 3.00.